The molecule has 3 heterocycles. The van der Waals surface area contributed by atoms with Crippen molar-refractivity contribution in [1.29, 1.82) is 0 Å². The highest BCUT2D eigenvalue weighted by molar-refractivity contribution is 7.91. The van der Waals surface area contributed by atoms with Crippen LogP contribution in [0.15, 0.2) is 45.6 Å². The zero-order chi connectivity index (χ0) is 15.6. The van der Waals surface area contributed by atoms with Gasteiger partial charge in [0.1, 0.15) is 4.21 Å². The second-order valence-corrected chi connectivity index (χ2v) is 8.62. The lowest BCUT2D eigenvalue weighted by Gasteiger charge is -2.07. The van der Waals surface area contributed by atoms with Crippen LogP contribution >= 0.6 is 22.7 Å². The Morgan fingerprint density at radius 1 is 1.18 bits per heavy atom. The van der Waals surface area contributed by atoms with Gasteiger partial charge in [0.05, 0.1) is 17.9 Å². The van der Waals surface area contributed by atoms with Crippen molar-refractivity contribution in [3.63, 3.8) is 0 Å². The first-order chi connectivity index (χ1) is 10.6. The van der Waals surface area contributed by atoms with Gasteiger partial charge in [0.2, 0.25) is 10.0 Å². The highest BCUT2D eigenvalue weighted by Crippen LogP contribution is 2.24. The van der Waals surface area contributed by atoms with Gasteiger partial charge in [0.15, 0.2) is 0 Å². The van der Waals surface area contributed by atoms with Gasteiger partial charge in [0, 0.05) is 28.2 Å². The first kappa shape index (κ1) is 15.3. The van der Waals surface area contributed by atoms with Gasteiger partial charge in [-0.15, -0.1) is 11.3 Å². The van der Waals surface area contributed by atoms with E-state index in [0.717, 1.165) is 10.4 Å². The minimum Gasteiger partial charge on any atom is -0.256 e. The van der Waals surface area contributed by atoms with Gasteiger partial charge in [-0.1, -0.05) is 0 Å². The van der Waals surface area contributed by atoms with E-state index in [1.807, 2.05) is 23.8 Å². The fraction of sp³-hybridized carbons (Fsp3) is 0.143. The molecule has 0 radical (unpaired) electrons. The van der Waals surface area contributed by atoms with Crippen LogP contribution in [-0.2, 0) is 16.6 Å². The molecule has 0 fully saturated rings. The van der Waals surface area contributed by atoms with Crippen LogP contribution in [0.1, 0.15) is 10.6 Å². The van der Waals surface area contributed by atoms with Crippen molar-refractivity contribution in [2.24, 2.45) is 0 Å². The van der Waals surface area contributed by atoms with Crippen LogP contribution in [0.4, 0.5) is 0 Å². The van der Waals surface area contributed by atoms with E-state index in [1.165, 1.54) is 11.3 Å². The van der Waals surface area contributed by atoms with E-state index >= 15 is 0 Å². The normalized spacial score (nSPS) is 11.7. The summed E-state index contributed by atoms with van der Waals surface area (Å²) in [5, 5.41) is 3.91. The Hall–Kier alpha value is -1.61. The third-order valence-corrected chi connectivity index (χ3v) is 6.56. The molecule has 3 aromatic rings. The van der Waals surface area contributed by atoms with E-state index < -0.39 is 10.0 Å². The Bertz CT molecular complexity index is 870. The third-order valence-electron chi connectivity index (χ3n) is 2.98. The number of nitrogens with one attached hydrogen (secondary N) is 1. The topological polar surface area (TPSA) is 72.0 Å². The fourth-order valence-electron chi connectivity index (χ4n) is 1.93. The largest absolute Gasteiger partial charge is 0.256 e. The molecule has 0 spiro atoms. The van der Waals surface area contributed by atoms with Crippen molar-refractivity contribution in [2.45, 2.75) is 17.7 Å². The highest BCUT2D eigenvalue weighted by Gasteiger charge is 2.17. The number of rotatable bonds is 5. The molecule has 0 aliphatic rings. The molecule has 0 aromatic carbocycles. The van der Waals surface area contributed by atoms with Crippen LogP contribution in [0.3, 0.4) is 0 Å². The number of hydrogen-bond donors (Lipinski definition) is 1. The second kappa shape index (κ2) is 6.25. The maximum Gasteiger partial charge on any atom is 0.250 e. The number of nitrogens with zero attached hydrogens (tertiary/aromatic N) is 2. The molecule has 3 rings (SSSR count). The minimum absolute atomic E-state index is 0.109. The zero-order valence-corrected chi connectivity index (χ0v) is 14.1. The van der Waals surface area contributed by atoms with E-state index in [4.69, 9.17) is 0 Å². The number of thiophene rings is 2. The van der Waals surface area contributed by atoms with E-state index in [0.29, 0.717) is 15.6 Å². The Labute approximate surface area is 136 Å². The second-order valence-electron chi connectivity index (χ2n) is 4.55. The summed E-state index contributed by atoms with van der Waals surface area (Å²) in [5.41, 5.74) is 2.26. The van der Waals surface area contributed by atoms with Gasteiger partial charge in [-0.05, 0) is 30.5 Å². The summed E-state index contributed by atoms with van der Waals surface area (Å²) in [6.07, 6.45) is 3.17. The fourth-order valence-corrected chi connectivity index (χ4v) is 4.88. The first-order valence-electron chi connectivity index (χ1n) is 6.45. The summed E-state index contributed by atoms with van der Waals surface area (Å²) in [4.78, 5) is 9.52. The summed E-state index contributed by atoms with van der Waals surface area (Å²) < 4.78 is 27.4. The van der Waals surface area contributed by atoms with Gasteiger partial charge in [-0.3, -0.25) is 9.97 Å². The lowest BCUT2D eigenvalue weighted by molar-refractivity contribution is 0.582. The van der Waals surface area contributed by atoms with E-state index in [-0.39, 0.29) is 6.54 Å². The molecule has 0 unspecified atom stereocenters. The van der Waals surface area contributed by atoms with Crippen LogP contribution in [0.25, 0.3) is 11.3 Å². The quantitative estimate of drug-likeness (QED) is 0.767. The molecule has 3 aromatic heterocycles. The summed E-state index contributed by atoms with van der Waals surface area (Å²) >= 11 is 2.81. The van der Waals surface area contributed by atoms with Crippen molar-refractivity contribution in [3.8, 4) is 11.3 Å². The molecule has 0 saturated heterocycles. The van der Waals surface area contributed by atoms with Crippen molar-refractivity contribution in [1.82, 2.24) is 14.7 Å². The molecule has 22 heavy (non-hydrogen) atoms. The monoisotopic (exact) mass is 351 g/mol. The van der Waals surface area contributed by atoms with Crippen LogP contribution in [-0.4, -0.2) is 18.4 Å². The van der Waals surface area contributed by atoms with Crippen molar-refractivity contribution < 1.29 is 8.42 Å². The number of sulfonamides is 1. The van der Waals surface area contributed by atoms with Crippen molar-refractivity contribution >= 4 is 32.7 Å². The average Bonchev–Trinajstić information content (AvgIpc) is 3.17. The first-order valence-corrected chi connectivity index (χ1v) is 9.69. The van der Waals surface area contributed by atoms with E-state index in [2.05, 4.69) is 14.7 Å². The third kappa shape index (κ3) is 3.25. The van der Waals surface area contributed by atoms with Gasteiger partial charge in [0.25, 0.3) is 0 Å². The lowest BCUT2D eigenvalue weighted by Crippen LogP contribution is -2.23. The van der Waals surface area contributed by atoms with Crippen LogP contribution in [0.2, 0.25) is 0 Å². The Morgan fingerprint density at radius 2 is 2.00 bits per heavy atom. The Kier molecular flexibility index (Phi) is 4.34. The molecular weight excluding hydrogens is 338 g/mol. The molecular formula is C14H13N3O2S3. The van der Waals surface area contributed by atoms with E-state index in [1.54, 1.807) is 35.9 Å². The summed E-state index contributed by atoms with van der Waals surface area (Å²) in [5.74, 6) is 0. The van der Waals surface area contributed by atoms with Gasteiger partial charge >= 0.3 is 0 Å². The Balaban J connectivity index is 1.83. The molecule has 114 valence electrons. The molecule has 0 atom stereocenters. The van der Waals surface area contributed by atoms with Crippen molar-refractivity contribution in [2.75, 3.05) is 0 Å². The summed E-state index contributed by atoms with van der Waals surface area (Å²) in [7, 11) is -3.52. The van der Waals surface area contributed by atoms with Gasteiger partial charge in [-0.2, -0.15) is 11.3 Å². The molecule has 5 nitrogen and oxygen atoms in total. The predicted molar refractivity (Wildman–Crippen MR) is 88.4 cm³/mol. The molecule has 8 heteroatoms. The maximum absolute atomic E-state index is 12.3. The minimum atomic E-state index is -3.52. The number of hydrogen-bond acceptors (Lipinski definition) is 6. The Morgan fingerprint density at radius 3 is 2.68 bits per heavy atom. The molecule has 0 bridgehead atoms. The molecule has 0 aliphatic heterocycles. The lowest BCUT2D eigenvalue weighted by atomic mass is 10.2. The molecule has 1 N–H and O–H groups in total. The molecule has 0 amide bonds. The SMILES string of the molecule is Cc1ccc(S(=O)(=O)NCc2nccnc2-c2ccsc2)s1. The standard InChI is InChI=1S/C14H13N3O2S3/c1-10-2-3-13(21-10)22(18,19)17-8-12-14(16-6-5-15-12)11-4-7-20-9-11/h2-7,9,17H,8H2,1H3. The highest BCUT2D eigenvalue weighted by atomic mass is 32.2. The zero-order valence-electron chi connectivity index (χ0n) is 11.7. The van der Waals surface area contributed by atoms with Gasteiger partial charge in [-0.25, -0.2) is 13.1 Å². The maximum atomic E-state index is 12.3. The number of aryl methyl sites for hydroxylation is 1. The van der Waals surface area contributed by atoms with Crippen LogP contribution < -0.4 is 4.72 Å². The van der Waals surface area contributed by atoms with Crippen LogP contribution in [0.5, 0.6) is 0 Å². The summed E-state index contributed by atoms with van der Waals surface area (Å²) in [6.45, 7) is 1.99. The van der Waals surface area contributed by atoms with E-state index in [9.17, 15) is 8.42 Å². The van der Waals surface area contributed by atoms with Crippen molar-refractivity contribution in [3.05, 3.63) is 51.9 Å². The molecule has 0 saturated carbocycles. The van der Waals surface area contributed by atoms with Crippen LogP contribution in [0, 0.1) is 6.92 Å². The van der Waals surface area contributed by atoms with Gasteiger partial charge < -0.3 is 0 Å². The molecule has 0 aliphatic carbocycles. The summed E-state index contributed by atoms with van der Waals surface area (Å²) in [6, 6.07) is 5.34. The smallest absolute Gasteiger partial charge is 0.250 e. The predicted octanol–water partition coefficient (Wildman–Crippen LogP) is 3.05. The number of aromatic nitrogens is 2. The average molecular weight is 351 g/mol.